The highest BCUT2D eigenvalue weighted by molar-refractivity contribution is 6.30. The Kier molecular flexibility index (Phi) is 4.48. The van der Waals surface area contributed by atoms with Crippen molar-refractivity contribution in [3.05, 3.63) is 52.1 Å². The van der Waals surface area contributed by atoms with E-state index in [1.807, 2.05) is 14.0 Å². The summed E-state index contributed by atoms with van der Waals surface area (Å²) in [5.41, 5.74) is 2.92. The third-order valence-electron chi connectivity index (χ3n) is 3.25. The van der Waals surface area contributed by atoms with Crippen molar-refractivity contribution in [2.45, 2.75) is 19.3 Å². The average molecular weight is 301 g/mol. The van der Waals surface area contributed by atoms with Crippen molar-refractivity contribution < 1.29 is 4.39 Å². The van der Waals surface area contributed by atoms with Gasteiger partial charge in [0.05, 0.1) is 5.69 Å². The Morgan fingerprint density at radius 2 is 1.95 bits per heavy atom. The summed E-state index contributed by atoms with van der Waals surface area (Å²) in [6.07, 6.45) is 0.702. The number of aryl methyl sites for hydroxylation is 2. The summed E-state index contributed by atoms with van der Waals surface area (Å²) in [6, 6.07) is 6.43. The number of halogens is 3. The van der Waals surface area contributed by atoms with Gasteiger partial charge >= 0.3 is 0 Å². The summed E-state index contributed by atoms with van der Waals surface area (Å²) in [6.45, 7) is 1.93. The summed E-state index contributed by atoms with van der Waals surface area (Å²) in [7, 11) is 1.81. The quantitative estimate of drug-likeness (QED) is 0.778. The number of aromatic nitrogens is 2. The Morgan fingerprint density at radius 1 is 1.32 bits per heavy atom. The van der Waals surface area contributed by atoms with Crippen LogP contribution < -0.4 is 0 Å². The summed E-state index contributed by atoms with van der Waals surface area (Å²) < 4.78 is 14.6. The largest absolute Gasteiger partial charge is 0.257 e. The first kappa shape index (κ1) is 14.4. The molecule has 5 heteroatoms. The molecule has 2 rings (SSSR count). The second-order valence-electron chi connectivity index (χ2n) is 4.59. The van der Waals surface area contributed by atoms with Gasteiger partial charge in [0.15, 0.2) is 0 Å². The van der Waals surface area contributed by atoms with Crippen molar-refractivity contribution in [1.82, 2.24) is 9.78 Å². The second kappa shape index (κ2) is 5.93. The molecule has 0 radical (unpaired) electrons. The standard InChI is InChI=1S/C14H15Cl2FN2/c1-9-13(14(16)19(2)18-9)7-11(8-15)10-3-5-12(17)6-4-10/h3-6,11H,7-8H2,1-2H3. The van der Waals surface area contributed by atoms with Gasteiger partial charge in [-0.15, -0.1) is 11.6 Å². The lowest BCUT2D eigenvalue weighted by Crippen LogP contribution is -2.05. The maximum Gasteiger partial charge on any atom is 0.130 e. The van der Waals surface area contributed by atoms with Crippen LogP contribution in [0.2, 0.25) is 5.15 Å². The fraction of sp³-hybridized carbons (Fsp3) is 0.357. The third-order valence-corrected chi connectivity index (χ3v) is 4.09. The van der Waals surface area contributed by atoms with Gasteiger partial charge in [-0.1, -0.05) is 23.7 Å². The monoisotopic (exact) mass is 300 g/mol. The highest BCUT2D eigenvalue weighted by Crippen LogP contribution is 2.28. The van der Waals surface area contributed by atoms with Crippen LogP contribution in [0.15, 0.2) is 24.3 Å². The number of rotatable bonds is 4. The summed E-state index contributed by atoms with van der Waals surface area (Å²) in [5, 5.41) is 4.92. The van der Waals surface area contributed by atoms with E-state index in [1.54, 1.807) is 16.8 Å². The van der Waals surface area contributed by atoms with E-state index in [4.69, 9.17) is 23.2 Å². The van der Waals surface area contributed by atoms with Crippen LogP contribution in [0.1, 0.15) is 22.7 Å². The highest BCUT2D eigenvalue weighted by atomic mass is 35.5. The maximum atomic E-state index is 12.9. The van der Waals surface area contributed by atoms with E-state index in [1.165, 1.54) is 12.1 Å². The zero-order chi connectivity index (χ0) is 14.0. The molecule has 102 valence electrons. The van der Waals surface area contributed by atoms with Gasteiger partial charge in [-0.25, -0.2) is 4.39 Å². The first-order valence-electron chi connectivity index (χ1n) is 6.02. The first-order chi connectivity index (χ1) is 9.02. The van der Waals surface area contributed by atoms with E-state index in [0.717, 1.165) is 16.8 Å². The minimum absolute atomic E-state index is 0.0997. The fourth-order valence-electron chi connectivity index (χ4n) is 2.15. The molecule has 0 spiro atoms. The summed E-state index contributed by atoms with van der Waals surface area (Å²) >= 11 is 12.3. The van der Waals surface area contributed by atoms with Crippen LogP contribution in [0, 0.1) is 12.7 Å². The molecule has 0 aliphatic rings. The van der Waals surface area contributed by atoms with E-state index in [2.05, 4.69) is 5.10 Å². The van der Waals surface area contributed by atoms with Crippen LogP contribution >= 0.6 is 23.2 Å². The minimum atomic E-state index is -0.243. The molecule has 1 aromatic carbocycles. The predicted octanol–water partition coefficient (Wildman–Crippen LogP) is 4.09. The molecule has 1 unspecified atom stereocenters. The van der Waals surface area contributed by atoms with Crippen molar-refractivity contribution in [2.75, 3.05) is 5.88 Å². The van der Waals surface area contributed by atoms with Gasteiger partial charge in [-0.3, -0.25) is 4.68 Å². The third kappa shape index (κ3) is 3.10. The normalized spacial score (nSPS) is 12.7. The molecule has 1 aromatic heterocycles. The zero-order valence-electron chi connectivity index (χ0n) is 10.8. The molecule has 19 heavy (non-hydrogen) atoms. The Labute approximate surface area is 122 Å². The average Bonchev–Trinajstić information content (AvgIpc) is 2.63. The molecule has 1 atom stereocenters. The molecule has 0 saturated carbocycles. The van der Waals surface area contributed by atoms with Gasteiger partial charge in [-0.2, -0.15) is 5.10 Å². The van der Waals surface area contributed by atoms with E-state index in [0.29, 0.717) is 17.5 Å². The molecule has 0 saturated heterocycles. The Hall–Kier alpha value is -1.06. The van der Waals surface area contributed by atoms with E-state index < -0.39 is 0 Å². The van der Waals surface area contributed by atoms with Gasteiger partial charge in [-0.05, 0) is 31.0 Å². The number of nitrogens with zero attached hydrogens (tertiary/aromatic N) is 2. The molecule has 0 N–H and O–H groups in total. The van der Waals surface area contributed by atoms with Crippen molar-refractivity contribution in [3.8, 4) is 0 Å². The maximum absolute atomic E-state index is 12.9. The van der Waals surface area contributed by atoms with Crippen LogP contribution in [0.5, 0.6) is 0 Å². The molecule has 0 amide bonds. The molecular formula is C14H15Cl2FN2. The molecule has 0 aliphatic carbocycles. The van der Waals surface area contributed by atoms with Crippen LogP contribution in [0.4, 0.5) is 4.39 Å². The van der Waals surface area contributed by atoms with Gasteiger partial charge < -0.3 is 0 Å². The molecule has 0 bridgehead atoms. The van der Waals surface area contributed by atoms with E-state index in [9.17, 15) is 4.39 Å². The molecule has 2 aromatic rings. The lowest BCUT2D eigenvalue weighted by Gasteiger charge is -2.14. The van der Waals surface area contributed by atoms with Crippen LogP contribution in [-0.2, 0) is 13.5 Å². The number of benzene rings is 1. The van der Waals surface area contributed by atoms with Crippen LogP contribution in [0.25, 0.3) is 0 Å². The van der Waals surface area contributed by atoms with Gasteiger partial charge in [0.25, 0.3) is 0 Å². The lowest BCUT2D eigenvalue weighted by atomic mass is 9.94. The fourth-order valence-corrected chi connectivity index (χ4v) is 2.69. The van der Waals surface area contributed by atoms with Crippen molar-refractivity contribution in [1.29, 1.82) is 0 Å². The molecule has 1 heterocycles. The molecule has 0 fully saturated rings. The van der Waals surface area contributed by atoms with Gasteiger partial charge in [0.2, 0.25) is 0 Å². The number of alkyl halides is 1. The molecule has 2 nitrogen and oxygen atoms in total. The van der Waals surface area contributed by atoms with Gasteiger partial charge in [0.1, 0.15) is 11.0 Å². The van der Waals surface area contributed by atoms with Crippen LogP contribution in [0.3, 0.4) is 0 Å². The van der Waals surface area contributed by atoms with E-state index in [-0.39, 0.29) is 11.7 Å². The number of hydrogen-bond donors (Lipinski definition) is 0. The van der Waals surface area contributed by atoms with Crippen molar-refractivity contribution >= 4 is 23.2 Å². The molecule has 0 aliphatic heterocycles. The highest BCUT2D eigenvalue weighted by Gasteiger charge is 2.18. The Morgan fingerprint density at radius 3 is 2.42 bits per heavy atom. The van der Waals surface area contributed by atoms with Gasteiger partial charge in [0, 0.05) is 24.4 Å². The summed E-state index contributed by atoms with van der Waals surface area (Å²) in [5.74, 6) is 0.311. The zero-order valence-corrected chi connectivity index (χ0v) is 12.3. The summed E-state index contributed by atoms with van der Waals surface area (Å²) in [4.78, 5) is 0. The molecular weight excluding hydrogens is 286 g/mol. The topological polar surface area (TPSA) is 17.8 Å². The minimum Gasteiger partial charge on any atom is -0.257 e. The van der Waals surface area contributed by atoms with Crippen LogP contribution in [-0.4, -0.2) is 15.7 Å². The first-order valence-corrected chi connectivity index (χ1v) is 6.93. The SMILES string of the molecule is Cc1nn(C)c(Cl)c1CC(CCl)c1ccc(F)cc1. The predicted molar refractivity (Wildman–Crippen MR) is 76.5 cm³/mol. The Bertz CT molecular complexity index is 564. The van der Waals surface area contributed by atoms with E-state index >= 15 is 0 Å². The smallest absolute Gasteiger partial charge is 0.130 e. The Balaban J connectivity index is 2.26. The van der Waals surface area contributed by atoms with Crippen molar-refractivity contribution in [3.63, 3.8) is 0 Å². The number of hydrogen-bond acceptors (Lipinski definition) is 1. The second-order valence-corrected chi connectivity index (χ2v) is 5.25. The van der Waals surface area contributed by atoms with Crippen molar-refractivity contribution in [2.24, 2.45) is 7.05 Å². The lowest BCUT2D eigenvalue weighted by molar-refractivity contribution is 0.625.